The molecule has 22 heavy (non-hydrogen) atoms. The lowest BCUT2D eigenvalue weighted by molar-refractivity contribution is 0.0965. The van der Waals surface area contributed by atoms with E-state index in [1.807, 2.05) is 0 Å². The summed E-state index contributed by atoms with van der Waals surface area (Å²) in [6.45, 7) is -0.228. The maximum Gasteiger partial charge on any atom is 0.328 e. The Bertz CT molecular complexity index is 671. The van der Waals surface area contributed by atoms with Crippen molar-refractivity contribution in [2.75, 3.05) is 11.9 Å². The molecule has 0 aliphatic heterocycles. The molecule has 0 atom stereocenters. The number of carbonyl (C=O) groups is 2. The fourth-order valence-electron chi connectivity index (χ4n) is 1.69. The molecule has 114 valence electrons. The molecule has 0 saturated carbocycles. The molecule has 0 spiro atoms. The van der Waals surface area contributed by atoms with E-state index in [0.29, 0.717) is 11.4 Å². The fourth-order valence-corrected chi connectivity index (χ4v) is 1.69. The number of urea groups is 1. The SMILES string of the molecule is CN(C(=O)NC(=O)c1ccc(CO)nc1)c1ccc(F)cc1. The summed E-state index contributed by atoms with van der Waals surface area (Å²) in [5.41, 5.74) is 1.06. The van der Waals surface area contributed by atoms with Crippen LogP contribution in [-0.4, -0.2) is 29.1 Å². The molecule has 7 heteroatoms. The highest BCUT2D eigenvalue weighted by molar-refractivity contribution is 6.08. The number of aliphatic hydroxyl groups is 1. The molecule has 2 N–H and O–H groups in total. The second-order valence-electron chi connectivity index (χ2n) is 4.49. The number of aromatic nitrogens is 1. The van der Waals surface area contributed by atoms with Crippen molar-refractivity contribution in [1.82, 2.24) is 10.3 Å². The van der Waals surface area contributed by atoms with Gasteiger partial charge in [-0.05, 0) is 36.4 Å². The number of hydrogen-bond donors (Lipinski definition) is 2. The topological polar surface area (TPSA) is 82.5 Å². The number of anilines is 1. The summed E-state index contributed by atoms with van der Waals surface area (Å²) >= 11 is 0. The smallest absolute Gasteiger partial charge is 0.328 e. The summed E-state index contributed by atoms with van der Waals surface area (Å²) in [6.07, 6.45) is 1.27. The van der Waals surface area contributed by atoms with Crippen LogP contribution >= 0.6 is 0 Å². The number of nitrogens with one attached hydrogen (secondary N) is 1. The molecule has 0 aliphatic carbocycles. The highest BCUT2D eigenvalue weighted by Gasteiger charge is 2.15. The zero-order valence-electron chi connectivity index (χ0n) is 11.8. The molecule has 1 aromatic heterocycles. The standard InChI is InChI=1S/C15H14FN3O3/c1-19(13-6-3-11(16)4-7-13)15(22)18-14(21)10-2-5-12(9-20)17-8-10/h2-8,20H,9H2,1H3,(H,18,21,22). The Kier molecular flexibility index (Phi) is 4.80. The first kappa shape index (κ1) is 15.6. The van der Waals surface area contributed by atoms with Crippen LogP contribution in [0.5, 0.6) is 0 Å². The van der Waals surface area contributed by atoms with Crippen LogP contribution < -0.4 is 10.2 Å². The third-order valence-electron chi connectivity index (χ3n) is 2.99. The van der Waals surface area contributed by atoms with Crippen LogP contribution in [0.15, 0.2) is 42.6 Å². The zero-order valence-corrected chi connectivity index (χ0v) is 11.8. The van der Waals surface area contributed by atoms with Crippen molar-refractivity contribution in [3.05, 3.63) is 59.7 Å². The first-order chi connectivity index (χ1) is 10.5. The maximum atomic E-state index is 12.8. The second-order valence-corrected chi connectivity index (χ2v) is 4.49. The van der Waals surface area contributed by atoms with E-state index in [4.69, 9.17) is 5.11 Å². The van der Waals surface area contributed by atoms with Gasteiger partial charge in [0.1, 0.15) is 5.82 Å². The van der Waals surface area contributed by atoms with Crippen LogP contribution in [0, 0.1) is 5.82 Å². The molecule has 6 nitrogen and oxygen atoms in total. The number of halogens is 1. The van der Waals surface area contributed by atoms with Crippen molar-refractivity contribution < 1.29 is 19.1 Å². The van der Waals surface area contributed by atoms with Crippen molar-refractivity contribution in [1.29, 1.82) is 0 Å². The third-order valence-corrected chi connectivity index (χ3v) is 2.99. The lowest BCUT2D eigenvalue weighted by Crippen LogP contribution is -2.40. The average Bonchev–Trinajstić information content (AvgIpc) is 2.54. The Hall–Kier alpha value is -2.80. The van der Waals surface area contributed by atoms with Crippen molar-refractivity contribution in [2.45, 2.75) is 6.61 Å². The number of pyridine rings is 1. The average molecular weight is 303 g/mol. The van der Waals surface area contributed by atoms with Gasteiger partial charge in [0, 0.05) is 18.9 Å². The Morgan fingerprint density at radius 2 is 1.91 bits per heavy atom. The Balaban J connectivity index is 2.03. The van der Waals surface area contributed by atoms with Crippen LogP contribution in [0.3, 0.4) is 0 Å². The van der Waals surface area contributed by atoms with Crippen molar-refractivity contribution >= 4 is 17.6 Å². The first-order valence-corrected chi connectivity index (χ1v) is 6.41. The summed E-state index contributed by atoms with van der Waals surface area (Å²) in [5, 5.41) is 11.1. The van der Waals surface area contributed by atoms with E-state index in [9.17, 15) is 14.0 Å². The summed E-state index contributed by atoms with van der Waals surface area (Å²) in [7, 11) is 1.46. The van der Waals surface area contributed by atoms with E-state index in [-0.39, 0.29) is 12.2 Å². The molecule has 3 amide bonds. The predicted molar refractivity (Wildman–Crippen MR) is 77.8 cm³/mol. The predicted octanol–water partition coefficient (Wildman–Crippen LogP) is 1.70. The number of hydrogen-bond acceptors (Lipinski definition) is 4. The van der Waals surface area contributed by atoms with Gasteiger partial charge in [0.25, 0.3) is 5.91 Å². The van der Waals surface area contributed by atoms with Gasteiger partial charge in [-0.3, -0.25) is 20.0 Å². The number of amides is 3. The van der Waals surface area contributed by atoms with Crippen LogP contribution in [-0.2, 0) is 6.61 Å². The highest BCUT2D eigenvalue weighted by Crippen LogP contribution is 2.13. The Morgan fingerprint density at radius 3 is 2.45 bits per heavy atom. The van der Waals surface area contributed by atoms with E-state index in [2.05, 4.69) is 10.3 Å². The zero-order chi connectivity index (χ0) is 16.1. The molecule has 0 aliphatic rings. The number of rotatable bonds is 3. The number of carbonyl (C=O) groups excluding carboxylic acids is 2. The Morgan fingerprint density at radius 1 is 1.23 bits per heavy atom. The van der Waals surface area contributed by atoms with Crippen LogP contribution in [0.4, 0.5) is 14.9 Å². The molecule has 0 saturated heterocycles. The van der Waals surface area contributed by atoms with Crippen molar-refractivity contribution in [2.24, 2.45) is 0 Å². The molecule has 1 aromatic carbocycles. The van der Waals surface area contributed by atoms with Gasteiger partial charge in [-0.2, -0.15) is 0 Å². The van der Waals surface area contributed by atoms with Crippen LogP contribution in [0.2, 0.25) is 0 Å². The summed E-state index contributed by atoms with van der Waals surface area (Å²) in [4.78, 5) is 28.9. The minimum atomic E-state index is -0.650. The molecule has 0 fully saturated rings. The van der Waals surface area contributed by atoms with Crippen LogP contribution in [0.1, 0.15) is 16.1 Å². The normalized spacial score (nSPS) is 10.1. The number of nitrogens with zero attached hydrogens (tertiary/aromatic N) is 2. The first-order valence-electron chi connectivity index (χ1n) is 6.41. The van der Waals surface area contributed by atoms with Gasteiger partial charge in [0.2, 0.25) is 0 Å². The molecule has 2 aromatic rings. The summed E-state index contributed by atoms with van der Waals surface area (Å²) < 4.78 is 12.8. The van der Waals surface area contributed by atoms with Crippen LogP contribution in [0.25, 0.3) is 0 Å². The third kappa shape index (κ3) is 3.64. The van der Waals surface area contributed by atoms with Gasteiger partial charge in [-0.25, -0.2) is 9.18 Å². The quantitative estimate of drug-likeness (QED) is 0.904. The van der Waals surface area contributed by atoms with E-state index in [0.717, 1.165) is 0 Å². The number of imide groups is 1. The van der Waals surface area contributed by atoms with Gasteiger partial charge >= 0.3 is 6.03 Å². The van der Waals surface area contributed by atoms with Crippen molar-refractivity contribution in [3.8, 4) is 0 Å². The monoisotopic (exact) mass is 303 g/mol. The summed E-state index contributed by atoms with van der Waals surface area (Å²) in [6, 6.07) is 7.59. The lowest BCUT2D eigenvalue weighted by Gasteiger charge is -2.17. The maximum absolute atomic E-state index is 12.8. The van der Waals surface area contributed by atoms with E-state index >= 15 is 0 Å². The van der Waals surface area contributed by atoms with Gasteiger partial charge < -0.3 is 5.11 Å². The molecular formula is C15H14FN3O3. The second kappa shape index (κ2) is 6.77. The van der Waals surface area contributed by atoms with Gasteiger partial charge in [-0.15, -0.1) is 0 Å². The van der Waals surface area contributed by atoms with E-state index in [1.165, 1.54) is 54.5 Å². The minimum Gasteiger partial charge on any atom is -0.390 e. The molecule has 0 bridgehead atoms. The van der Waals surface area contributed by atoms with E-state index in [1.54, 1.807) is 0 Å². The van der Waals surface area contributed by atoms with Crippen molar-refractivity contribution in [3.63, 3.8) is 0 Å². The fraction of sp³-hybridized carbons (Fsp3) is 0.133. The minimum absolute atomic E-state index is 0.193. The van der Waals surface area contributed by atoms with E-state index < -0.39 is 17.8 Å². The molecular weight excluding hydrogens is 289 g/mol. The largest absolute Gasteiger partial charge is 0.390 e. The Labute approximate surface area is 126 Å². The molecule has 1 heterocycles. The van der Waals surface area contributed by atoms with Gasteiger partial charge in [0.05, 0.1) is 17.9 Å². The van der Waals surface area contributed by atoms with Gasteiger partial charge in [0.15, 0.2) is 0 Å². The summed E-state index contributed by atoms with van der Waals surface area (Å²) in [5.74, 6) is -1.03. The molecule has 0 radical (unpaired) electrons. The number of benzene rings is 1. The molecule has 2 rings (SSSR count). The molecule has 0 unspecified atom stereocenters. The highest BCUT2D eigenvalue weighted by atomic mass is 19.1. The number of aliphatic hydroxyl groups excluding tert-OH is 1. The lowest BCUT2D eigenvalue weighted by atomic mass is 10.2. The van der Waals surface area contributed by atoms with Gasteiger partial charge in [-0.1, -0.05) is 0 Å².